The van der Waals surface area contributed by atoms with Gasteiger partial charge < -0.3 is 14.8 Å². The van der Waals surface area contributed by atoms with E-state index in [-0.39, 0.29) is 33.4 Å². The molecule has 3 aromatic rings. The van der Waals surface area contributed by atoms with Crippen LogP contribution in [0.4, 0.5) is 18.9 Å². The quantitative estimate of drug-likeness (QED) is 0.590. The van der Waals surface area contributed by atoms with Crippen LogP contribution >= 0.6 is 11.6 Å². The molecule has 0 aliphatic carbocycles. The van der Waals surface area contributed by atoms with Gasteiger partial charge in [0.2, 0.25) is 0 Å². The summed E-state index contributed by atoms with van der Waals surface area (Å²) in [5, 5.41) is 11.5. The van der Waals surface area contributed by atoms with Crippen molar-refractivity contribution in [2.45, 2.75) is 6.18 Å². The van der Waals surface area contributed by atoms with E-state index in [1.54, 1.807) is 0 Å². The number of rotatable bonds is 4. The van der Waals surface area contributed by atoms with Crippen LogP contribution in [-0.2, 0) is 6.18 Å². The van der Waals surface area contributed by atoms with Crippen molar-refractivity contribution in [2.75, 3.05) is 5.32 Å². The molecule has 3 rings (SSSR count). The highest BCUT2D eigenvalue weighted by Gasteiger charge is 2.30. The molecular formula is C19H11ClF3NO4. The van der Waals surface area contributed by atoms with Gasteiger partial charge in [-0.3, -0.25) is 4.79 Å². The average molecular weight is 410 g/mol. The molecule has 2 N–H and O–H groups in total. The molecule has 5 nitrogen and oxygen atoms in total. The fraction of sp³-hybridized carbons (Fsp3) is 0.0526. The minimum Gasteiger partial charge on any atom is -0.478 e. The van der Waals surface area contributed by atoms with Crippen LogP contribution in [0.2, 0.25) is 5.02 Å². The summed E-state index contributed by atoms with van der Waals surface area (Å²) < 4.78 is 43.8. The number of nitrogens with one attached hydrogen (secondary N) is 1. The predicted molar refractivity (Wildman–Crippen MR) is 95.5 cm³/mol. The zero-order valence-corrected chi connectivity index (χ0v) is 14.6. The Hall–Kier alpha value is -3.26. The number of hydrogen-bond donors (Lipinski definition) is 2. The first-order chi connectivity index (χ1) is 13.1. The van der Waals surface area contributed by atoms with E-state index >= 15 is 0 Å². The van der Waals surface area contributed by atoms with Gasteiger partial charge in [-0.25, -0.2) is 4.79 Å². The van der Waals surface area contributed by atoms with Crippen LogP contribution in [0.25, 0.3) is 11.3 Å². The van der Waals surface area contributed by atoms with Crippen molar-refractivity contribution in [3.8, 4) is 11.3 Å². The summed E-state index contributed by atoms with van der Waals surface area (Å²) in [5.74, 6) is -2.03. The van der Waals surface area contributed by atoms with Gasteiger partial charge in [-0.2, -0.15) is 13.2 Å². The Morgan fingerprint density at radius 2 is 1.79 bits per heavy atom. The van der Waals surface area contributed by atoms with Gasteiger partial charge >= 0.3 is 12.1 Å². The second-order valence-corrected chi connectivity index (χ2v) is 6.10. The van der Waals surface area contributed by atoms with Crippen molar-refractivity contribution in [2.24, 2.45) is 0 Å². The van der Waals surface area contributed by atoms with Crippen LogP contribution < -0.4 is 5.32 Å². The Morgan fingerprint density at radius 1 is 1.04 bits per heavy atom. The van der Waals surface area contributed by atoms with Gasteiger partial charge in [-0.15, -0.1) is 0 Å². The van der Waals surface area contributed by atoms with Gasteiger partial charge in [0.15, 0.2) is 5.76 Å². The maximum absolute atomic E-state index is 12.8. The van der Waals surface area contributed by atoms with E-state index in [0.29, 0.717) is 0 Å². The van der Waals surface area contributed by atoms with Gasteiger partial charge in [-0.1, -0.05) is 23.7 Å². The fourth-order valence-corrected chi connectivity index (χ4v) is 2.62. The van der Waals surface area contributed by atoms with Gasteiger partial charge in [0, 0.05) is 11.3 Å². The van der Waals surface area contributed by atoms with Crippen molar-refractivity contribution in [3.63, 3.8) is 0 Å². The first-order valence-corrected chi connectivity index (χ1v) is 8.14. The first-order valence-electron chi connectivity index (χ1n) is 7.77. The molecule has 0 aliphatic rings. The number of carbonyl (C=O) groups excluding carboxylic acids is 1. The Balaban J connectivity index is 1.82. The molecule has 1 aromatic heterocycles. The summed E-state index contributed by atoms with van der Waals surface area (Å²) >= 11 is 5.77. The molecule has 1 heterocycles. The lowest BCUT2D eigenvalue weighted by molar-refractivity contribution is -0.137. The molecule has 9 heteroatoms. The van der Waals surface area contributed by atoms with Crippen LogP contribution in [0.15, 0.2) is 59.0 Å². The summed E-state index contributed by atoms with van der Waals surface area (Å²) in [6, 6.07) is 11.1. The van der Waals surface area contributed by atoms with Gasteiger partial charge in [0.05, 0.1) is 16.1 Å². The van der Waals surface area contributed by atoms with Crippen molar-refractivity contribution in [1.82, 2.24) is 0 Å². The number of carbonyl (C=O) groups is 2. The number of anilines is 1. The SMILES string of the molecule is O=C(Nc1ccc(Cl)c(C(=O)O)c1)c1ccc(-c2cccc(C(F)(F)F)c2)o1. The highest BCUT2D eigenvalue weighted by Crippen LogP contribution is 2.32. The molecule has 0 fully saturated rings. The number of alkyl halides is 3. The lowest BCUT2D eigenvalue weighted by atomic mass is 10.1. The van der Waals surface area contributed by atoms with E-state index in [2.05, 4.69) is 5.32 Å². The predicted octanol–water partition coefficient (Wildman–Crippen LogP) is 5.57. The lowest BCUT2D eigenvalue weighted by Crippen LogP contribution is -2.11. The summed E-state index contributed by atoms with van der Waals surface area (Å²) in [6.45, 7) is 0. The monoisotopic (exact) mass is 409 g/mol. The minimum absolute atomic E-state index is 0.00957. The second-order valence-electron chi connectivity index (χ2n) is 5.70. The number of amides is 1. The third-order valence-corrected chi connectivity index (χ3v) is 4.09. The largest absolute Gasteiger partial charge is 0.478 e. The Labute approximate surface area is 161 Å². The lowest BCUT2D eigenvalue weighted by Gasteiger charge is -2.07. The van der Waals surface area contributed by atoms with Crippen LogP contribution in [0.3, 0.4) is 0 Å². The van der Waals surface area contributed by atoms with Crippen molar-refractivity contribution < 1.29 is 32.3 Å². The maximum Gasteiger partial charge on any atom is 0.416 e. The third kappa shape index (κ3) is 4.17. The second kappa shape index (κ2) is 7.40. The van der Waals surface area contributed by atoms with Crippen molar-refractivity contribution in [1.29, 1.82) is 0 Å². The molecule has 0 radical (unpaired) electrons. The van der Waals surface area contributed by atoms with Crippen molar-refractivity contribution in [3.05, 3.63) is 76.5 Å². The normalized spacial score (nSPS) is 11.3. The standard InChI is InChI=1S/C19H11ClF3NO4/c20-14-5-4-12(9-13(14)18(26)27)24-17(25)16-7-6-15(28-16)10-2-1-3-11(8-10)19(21,22)23/h1-9H,(H,24,25)(H,26,27). The van der Waals surface area contributed by atoms with E-state index in [1.807, 2.05) is 0 Å². The van der Waals surface area contributed by atoms with Crippen LogP contribution in [-0.4, -0.2) is 17.0 Å². The molecule has 0 spiro atoms. The number of aromatic carboxylic acids is 1. The summed E-state index contributed by atoms with van der Waals surface area (Å²) in [5.41, 5.74) is -0.698. The van der Waals surface area contributed by atoms with Crippen LogP contribution in [0.5, 0.6) is 0 Å². The number of benzene rings is 2. The van der Waals surface area contributed by atoms with Gasteiger partial charge in [0.25, 0.3) is 5.91 Å². The van der Waals surface area contributed by atoms with Gasteiger partial charge in [0.1, 0.15) is 5.76 Å². The van der Waals surface area contributed by atoms with E-state index < -0.39 is 23.6 Å². The molecule has 144 valence electrons. The molecule has 1 amide bonds. The first kappa shape index (κ1) is 19.5. The third-order valence-electron chi connectivity index (χ3n) is 3.76. The number of furan rings is 1. The van der Waals surface area contributed by atoms with E-state index in [4.69, 9.17) is 21.1 Å². The fourth-order valence-electron chi connectivity index (χ4n) is 2.42. The Kier molecular flexibility index (Phi) is 5.15. The molecule has 2 aromatic carbocycles. The molecule has 0 saturated heterocycles. The van der Waals surface area contributed by atoms with Crippen LogP contribution in [0.1, 0.15) is 26.5 Å². The number of carboxylic acids is 1. The smallest absolute Gasteiger partial charge is 0.416 e. The van der Waals surface area contributed by atoms with Crippen molar-refractivity contribution >= 4 is 29.2 Å². The van der Waals surface area contributed by atoms with E-state index in [0.717, 1.165) is 12.1 Å². The molecule has 0 bridgehead atoms. The zero-order chi connectivity index (χ0) is 20.5. The summed E-state index contributed by atoms with van der Waals surface area (Å²) in [6.07, 6.45) is -4.50. The highest BCUT2D eigenvalue weighted by atomic mass is 35.5. The zero-order valence-electron chi connectivity index (χ0n) is 13.9. The van der Waals surface area contributed by atoms with Crippen LogP contribution in [0, 0.1) is 0 Å². The van der Waals surface area contributed by atoms with E-state index in [9.17, 15) is 22.8 Å². The average Bonchev–Trinajstić information content (AvgIpc) is 3.13. The highest BCUT2D eigenvalue weighted by molar-refractivity contribution is 6.33. The summed E-state index contributed by atoms with van der Waals surface area (Å²) in [4.78, 5) is 23.4. The number of hydrogen-bond acceptors (Lipinski definition) is 3. The molecule has 0 unspecified atom stereocenters. The van der Waals surface area contributed by atoms with Gasteiger partial charge in [-0.05, 0) is 42.5 Å². The Bertz CT molecular complexity index is 1060. The number of halogens is 4. The molecule has 28 heavy (non-hydrogen) atoms. The number of carboxylic acid groups (broad SMARTS) is 1. The topological polar surface area (TPSA) is 79.5 Å². The molecular weight excluding hydrogens is 399 g/mol. The molecule has 0 atom stereocenters. The minimum atomic E-state index is -4.50. The Morgan fingerprint density at radius 3 is 2.46 bits per heavy atom. The van der Waals surface area contributed by atoms with E-state index in [1.165, 1.54) is 42.5 Å². The molecule has 0 aliphatic heterocycles. The molecule has 0 saturated carbocycles. The maximum atomic E-state index is 12.8. The summed E-state index contributed by atoms with van der Waals surface area (Å²) in [7, 11) is 0.